The maximum atomic E-state index is 11.8. The summed E-state index contributed by atoms with van der Waals surface area (Å²) in [6, 6.07) is 11.7. The molecule has 1 aromatic carbocycles. The molecule has 6 heteroatoms. The highest BCUT2D eigenvalue weighted by Gasteiger charge is 2.30. The van der Waals surface area contributed by atoms with Crippen LogP contribution in [0.2, 0.25) is 0 Å². The van der Waals surface area contributed by atoms with Crippen molar-refractivity contribution in [3.8, 4) is 11.4 Å². The summed E-state index contributed by atoms with van der Waals surface area (Å²) in [5.74, 6) is 0.984. The molecule has 6 nitrogen and oxygen atoms in total. The SMILES string of the molecule is NC(=O)[C@H]1CCCC[C@@H]1Nc1nc(-c2ccncc2)nc2ccccc12. The second-order valence-electron chi connectivity index (χ2n) is 6.69. The van der Waals surface area contributed by atoms with Gasteiger partial charge in [-0.1, -0.05) is 25.0 Å². The van der Waals surface area contributed by atoms with E-state index in [-0.39, 0.29) is 17.9 Å². The van der Waals surface area contributed by atoms with Gasteiger partial charge in [0.1, 0.15) is 5.82 Å². The second kappa shape index (κ2) is 7.07. The van der Waals surface area contributed by atoms with Gasteiger partial charge in [0.05, 0.1) is 11.4 Å². The fourth-order valence-corrected chi connectivity index (χ4v) is 3.64. The Labute approximate surface area is 151 Å². The summed E-state index contributed by atoms with van der Waals surface area (Å²) in [7, 11) is 0. The molecule has 132 valence electrons. The van der Waals surface area contributed by atoms with Gasteiger partial charge in [0.15, 0.2) is 5.82 Å². The van der Waals surface area contributed by atoms with Crippen molar-refractivity contribution in [1.82, 2.24) is 15.0 Å². The number of nitrogens with zero attached hydrogens (tertiary/aromatic N) is 3. The molecule has 0 radical (unpaired) electrons. The van der Waals surface area contributed by atoms with Crippen LogP contribution in [0.5, 0.6) is 0 Å². The number of nitrogens with one attached hydrogen (secondary N) is 1. The van der Waals surface area contributed by atoms with Crippen molar-refractivity contribution >= 4 is 22.6 Å². The molecule has 1 saturated carbocycles. The van der Waals surface area contributed by atoms with E-state index in [1.807, 2.05) is 36.4 Å². The number of hydrogen-bond donors (Lipinski definition) is 2. The minimum Gasteiger partial charge on any atom is -0.369 e. The summed E-state index contributed by atoms with van der Waals surface area (Å²) in [6.45, 7) is 0. The smallest absolute Gasteiger partial charge is 0.222 e. The Morgan fingerprint density at radius 3 is 2.62 bits per heavy atom. The lowest BCUT2D eigenvalue weighted by molar-refractivity contribution is -0.122. The molecule has 0 aliphatic heterocycles. The third-order valence-corrected chi connectivity index (χ3v) is 5.00. The molecule has 3 N–H and O–H groups in total. The molecule has 0 unspecified atom stereocenters. The molecule has 0 bridgehead atoms. The predicted molar refractivity (Wildman–Crippen MR) is 101 cm³/mol. The highest BCUT2D eigenvalue weighted by Crippen LogP contribution is 2.30. The summed E-state index contributed by atoms with van der Waals surface area (Å²) in [4.78, 5) is 25.3. The molecular weight excluding hydrogens is 326 g/mol. The average Bonchev–Trinajstić information content (AvgIpc) is 2.69. The van der Waals surface area contributed by atoms with Crippen molar-refractivity contribution in [2.75, 3.05) is 5.32 Å². The Kier molecular flexibility index (Phi) is 4.48. The number of carbonyl (C=O) groups excluding carboxylic acids is 1. The van der Waals surface area contributed by atoms with Gasteiger partial charge in [0, 0.05) is 29.4 Å². The van der Waals surface area contributed by atoms with Gasteiger partial charge in [0.25, 0.3) is 0 Å². The van der Waals surface area contributed by atoms with E-state index in [1.165, 1.54) is 0 Å². The summed E-state index contributed by atoms with van der Waals surface area (Å²) in [5, 5.41) is 4.44. The van der Waals surface area contributed by atoms with Crippen LogP contribution in [0.4, 0.5) is 5.82 Å². The first kappa shape index (κ1) is 16.4. The normalized spacial score (nSPS) is 20.0. The molecular formula is C20H21N5O. The van der Waals surface area contributed by atoms with Crippen molar-refractivity contribution in [3.05, 3.63) is 48.8 Å². The van der Waals surface area contributed by atoms with E-state index >= 15 is 0 Å². The zero-order valence-electron chi connectivity index (χ0n) is 14.4. The van der Waals surface area contributed by atoms with Crippen LogP contribution in [-0.4, -0.2) is 26.9 Å². The predicted octanol–water partition coefficient (Wildman–Crippen LogP) is 3.15. The first-order chi connectivity index (χ1) is 12.7. The quantitative estimate of drug-likeness (QED) is 0.756. The lowest BCUT2D eigenvalue weighted by Crippen LogP contribution is -2.40. The van der Waals surface area contributed by atoms with Crippen LogP contribution in [0.1, 0.15) is 25.7 Å². The third-order valence-electron chi connectivity index (χ3n) is 5.00. The molecule has 2 aromatic heterocycles. The van der Waals surface area contributed by atoms with E-state index in [2.05, 4.69) is 15.3 Å². The van der Waals surface area contributed by atoms with Gasteiger partial charge in [-0.2, -0.15) is 0 Å². The number of carbonyl (C=O) groups is 1. The van der Waals surface area contributed by atoms with E-state index in [1.54, 1.807) is 12.4 Å². The zero-order chi connectivity index (χ0) is 17.9. The number of para-hydroxylation sites is 1. The van der Waals surface area contributed by atoms with Crippen molar-refractivity contribution in [3.63, 3.8) is 0 Å². The van der Waals surface area contributed by atoms with Gasteiger partial charge >= 0.3 is 0 Å². The molecule has 0 spiro atoms. The van der Waals surface area contributed by atoms with Crippen LogP contribution in [0, 0.1) is 5.92 Å². The number of hydrogen-bond acceptors (Lipinski definition) is 5. The molecule has 4 rings (SSSR count). The molecule has 2 heterocycles. The standard InChI is InChI=1S/C20H21N5O/c21-18(26)14-5-1-3-7-16(14)24-20-15-6-2-4-8-17(15)23-19(25-20)13-9-11-22-12-10-13/h2,4,6,8-12,14,16H,1,3,5,7H2,(H2,21,26)(H,23,24,25)/t14-,16-/m0/s1. The Morgan fingerprint density at radius 1 is 1.04 bits per heavy atom. The number of nitrogens with two attached hydrogens (primary N) is 1. The van der Waals surface area contributed by atoms with Gasteiger partial charge in [-0.05, 0) is 37.1 Å². The number of pyridine rings is 1. The lowest BCUT2D eigenvalue weighted by Gasteiger charge is -2.30. The second-order valence-corrected chi connectivity index (χ2v) is 6.69. The molecule has 1 aliphatic carbocycles. The summed E-state index contributed by atoms with van der Waals surface area (Å²) >= 11 is 0. The number of anilines is 1. The molecule has 1 amide bonds. The minimum atomic E-state index is -0.241. The Balaban J connectivity index is 1.77. The number of fused-ring (bicyclic) bond motifs is 1. The highest BCUT2D eigenvalue weighted by atomic mass is 16.1. The van der Waals surface area contributed by atoms with E-state index in [4.69, 9.17) is 10.7 Å². The first-order valence-electron chi connectivity index (χ1n) is 8.95. The number of benzene rings is 1. The minimum absolute atomic E-state index is 0.00449. The first-order valence-corrected chi connectivity index (χ1v) is 8.95. The topological polar surface area (TPSA) is 93.8 Å². The zero-order valence-corrected chi connectivity index (χ0v) is 14.4. The fourth-order valence-electron chi connectivity index (χ4n) is 3.64. The van der Waals surface area contributed by atoms with Crippen molar-refractivity contribution in [2.24, 2.45) is 11.7 Å². The van der Waals surface area contributed by atoms with E-state index in [0.29, 0.717) is 5.82 Å². The van der Waals surface area contributed by atoms with Crippen LogP contribution < -0.4 is 11.1 Å². The molecule has 2 atom stereocenters. The van der Waals surface area contributed by atoms with Crippen LogP contribution >= 0.6 is 0 Å². The number of aromatic nitrogens is 3. The highest BCUT2D eigenvalue weighted by molar-refractivity contribution is 5.91. The van der Waals surface area contributed by atoms with Crippen LogP contribution in [0.25, 0.3) is 22.3 Å². The Bertz CT molecular complexity index is 928. The van der Waals surface area contributed by atoms with E-state index in [9.17, 15) is 4.79 Å². The van der Waals surface area contributed by atoms with Crippen molar-refractivity contribution in [1.29, 1.82) is 0 Å². The van der Waals surface area contributed by atoms with Gasteiger partial charge in [-0.15, -0.1) is 0 Å². The molecule has 1 aliphatic rings. The van der Waals surface area contributed by atoms with E-state index in [0.717, 1.165) is 48.0 Å². The Morgan fingerprint density at radius 2 is 1.81 bits per heavy atom. The largest absolute Gasteiger partial charge is 0.369 e. The molecule has 26 heavy (non-hydrogen) atoms. The lowest BCUT2D eigenvalue weighted by atomic mass is 9.84. The fraction of sp³-hybridized carbons (Fsp3) is 0.300. The van der Waals surface area contributed by atoms with E-state index < -0.39 is 0 Å². The van der Waals surface area contributed by atoms with Crippen molar-refractivity contribution < 1.29 is 4.79 Å². The summed E-state index contributed by atoms with van der Waals surface area (Å²) in [5.41, 5.74) is 7.40. The van der Waals surface area contributed by atoms with Crippen LogP contribution in [-0.2, 0) is 4.79 Å². The van der Waals surface area contributed by atoms with Gasteiger partial charge < -0.3 is 11.1 Å². The monoisotopic (exact) mass is 347 g/mol. The summed E-state index contributed by atoms with van der Waals surface area (Å²) in [6.07, 6.45) is 7.32. The molecule has 1 fully saturated rings. The van der Waals surface area contributed by atoms with Gasteiger partial charge in [-0.25, -0.2) is 9.97 Å². The Hall–Kier alpha value is -3.02. The maximum Gasteiger partial charge on any atom is 0.222 e. The summed E-state index contributed by atoms with van der Waals surface area (Å²) < 4.78 is 0. The molecule has 0 saturated heterocycles. The molecule has 3 aromatic rings. The van der Waals surface area contributed by atoms with Gasteiger partial charge in [0.2, 0.25) is 5.91 Å². The number of amides is 1. The van der Waals surface area contributed by atoms with Gasteiger partial charge in [-0.3, -0.25) is 9.78 Å². The van der Waals surface area contributed by atoms with Crippen molar-refractivity contribution in [2.45, 2.75) is 31.7 Å². The van der Waals surface area contributed by atoms with Crippen LogP contribution in [0.3, 0.4) is 0 Å². The van der Waals surface area contributed by atoms with Crippen LogP contribution in [0.15, 0.2) is 48.8 Å². The average molecular weight is 347 g/mol. The maximum absolute atomic E-state index is 11.8. The number of primary amides is 1. The third kappa shape index (κ3) is 3.22. The number of rotatable bonds is 4.